The fraction of sp³-hybridized carbons (Fsp3) is 0.353. The molecule has 0 unspecified atom stereocenters. The van der Waals surface area contributed by atoms with Gasteiger partial charge in [0, 0.05) is 20.0 Å². The molecule has 22 heavy (non-hydrogen) atoms. The minimum Gasteiger partial charge on any atom is -0.324 e. The number of carbonyl (C=O) groups excluding carboxylic acids is 3. The van der Waals surface area contributed by atoms with E-state index in [1.165, 1.54) is 6.92 Å². The molecule has 5 nitrogen and oxygen atoms in total. The Morgan fingerprint density at radius 3 is 2.27 bits per heavy atom. The second-order valence-corrected chi connectivity index (χ2v) is 5.28. The molecule has 1 fully saturated rings. The first-order chi connectivity index (χ1) is 10.6. The van der Waals surface area contributed by atoms with Crippen molar-refractivity contribution in [1.29, 1.82) is 0 Å². The molecule has 0 bridgehead atoms. The predicted octanol–water partition coefficient (Wildman–Crippen LogP) is 2.68. The Morgan fingerprint density at radius 1 is 1.09 bits per heavy atom. The number of aldehydes is 1. The molecule has 1 aliphatic heterocycles. The van der Waals surface area contributed by atoms with Gasteiger partial charge in [0.05, 0.1) is 5.70 Å². The zero-order valence-electron chi connectivity index (χ0n) is 12.7. The van der Waals surface area contributed by atoms with Crippen LogP contribution in [-0.4, -0.2) is 41.1 Å². The average molecular weight is 300 g/mol. The van der Waals surface area contributed by atoms with Crippen LogP contribution >= 0.6 is 0 Å². The lowest BCUT2D eigenvalue weighted by Gasteiger charge is -2.31. The van der Waals surface area contributed by atoms with Crippen LogP contribution in [0.1, 0.15) is 31.7 Å². The Morgan fingerprint density at radius 2 is 1.73 bits per heavy atom. The second kappa shape index (κ2) is 7.54. The number of nitrogens with zero attached hydrogens (tertiary/aromatic N) is 2. The zero-order valence-corrected chi connectivity index (χ0v) is 12.7. The average Bonchev–Trinajstić information content (AvgIpc) is 2.55. The van der Waals surface area contributed by atoms with Crippen LogP contribution < -0.4 is 0 Å². The van der Waals surface area contributed by atoms with E-state index in [1.54, 1.807) is 11.0 Å². The number of likely N-dealkylation sites (tertiary alicyclic amines) is 1. The van der Waals surface area contributed by atoms with Gasteiger partial charge in [-0.2, -0.15) is 0 Å². The van der Waals surface area contributed by atoms with Gasteiger partial charge in [-0.25, -0.2) is 9.69 Å². The summed E-state index contributed by atoms with van der Waals surface area (Å²) in [5.74, 6) is -0.454. The third-order valence-electron chi connectivity index (χ3n) is 3.63. The number of hydrogen-bond acceptors (Lipinski definition) is 3. The van der Waals surface area contributed by atoms with E-state index in [2.05, 4.69) is 0 Å². The Labute approximate surface area is 130 Å². The van der Waals surface area contributed by atoms with Crippen molar-refractivity contribution in [3.8, 4) is 0 Å². The van der Waals surface area contributed by atoms with Gasteiger partial charge in [0.2, 0.25) is 5.91 Å². The Balaban J connectivity index is 2.28. The number of amides is 3. The van der Waals surface area contributed by atoms with E-state index in [1.807, 2.05) is 30.3 Å². The quantitative estimate of drug-likeness (QED) is 0.637. The number of carbonyl (C=O) groups is 3. The van der Waals surface area contributed by atoms with E-state index in [0.29, 0.717) is 19.4 Å². The molecule has 1 heterocycles. The highest BCUT2D eigenvalue weighted by Gasteiger charge is 2.28. The first-order valence-electron chi connectivity index (χ1n) is 7.45. The molecule has 0 aliphatic carbocycles. The highest BCUT2D eigenvalue weighted by molar-refractivity contribution is 6.02. The SMILES string of the molecule is CC(=O)N(C(=O)N1CCCCC1)C(C=O)=Cc1ccccc1. The predicted molar refractivity (Wildman–Crippen MR) is 83.8 cm³/mol. The van der Waals surface area contributed by atoms with Gasteiger partial charge in [0.15, 0.2) is 6.29 Å². The largest absolute Gasteiger partial charge is 0.331 e. The summed E-state index contributed by atoms with van der Waals surface area (Å²) in [6, 6.07) is 8.74. The Bertz CT molecular complexity index is 575. The van der Waals surface area contributed by atoms with Crippen LogP contribution in [0.3, 0.4) is 0 Å². The van der Waals surface area contributed by atoms with Crippen LogP contribution in [0.4, 0.5) is 4.79 Å². The van der Waals surface area contributed by atoms with Crippen molar-refractivity contribution in [1.82, 2.24) is 9.80 Å². The summed E-state index contributed by atoms with van der Waals surface area (Å²) in [4.78, 5) is 38.5. The smallest absolute Gasteiger partial charge is 0.324 e. The number of piperidine rings is 1. The Hall–Kier alpha value is -2.43. The molecule has 0 radical (unpaired) electrons. The van der Waals surface area contributed by atoms with Gasteiger partial charge in [0.25, 0.3) is 0 Å². The number of hydrogen-bond donors (Lipinski definition) is 0. The molecule has 0 spiro atoms. The molecule has 1 aromatic rings. The number of urea groups is 1. The molecule has 116 valence electrons. The molecule has 5 heteroatoms. The standard InChI is InChI=1S/C17H20N2O3/c1-14(21)19(17(22)18-10-6-3-7-11-18)16(13-20)12-15-8-4-2-5-9-15/h2,4-5,8-9,12-13H,3,6-7,10-11H2,1H3. The molecular weight excluding hydrogens is 280 g/mol. The van der Waals surface area contributed by atoms with Crippen LogP contribution in [-0.2, 0) is 9.59 Å². The normalized spacial score (nSPS) is 15.3. The summed E-state index contributed by atoms with van der Waals surface area (Å²) in [6.07, 6.45) is 5.04. The molecular formula is C17H20N2O3. The summed E-state index contributed by atoms with van der Waals surface area (Å²) >= 11 is 0. The van der Waals surface area contributed by atoms with Crippen LogP contribution in [0.25, 0.3) is 6.08 Å². The molecule has 1 saturated heterocycles. The fourth-order valence-electron chi connectivity index (χ4n) is 2.52. The molecule has 3 amide bonds. The first kappa shape index (κ1) is 15.9. The third kappa shape index (κ3) is 3.81. The van der Waals surface area contributed by atoms with Crippen molar-refractivity contribution >= 4 is 24.3 Å². The van der Waals surface area contributed by atoms with E-state index in [0.717, 1.165) is 29.7 Å². The van der Waals surface area contributed by atoms with Crippen molar-refractivity contribution in [3.05, 3.63) is 41.6 Å². The fourth-order valence-corrected chi connectivity index (χ4v) is 2.52. The van der Waals surface area contributed by atoms with Gasteiger partial charge in [0.1, 0.15) is 0 Å². The van der Waals surface area contributed by atoms with E-state index < -0.39 is 11.9 Å². The third-order valence-corrected chi connectivity index (χ3v) is 3.63. The van der Waals surface area contributed by atoms with Gasteiger partial charge >= 0.3 is 6.03 Å². The molecule has 1 aromatic carbocycles. The lowest BCUT2D eigenvalue weighted by molar-refractivity contribution is -0.126. The van der Waals surface area contributed by atoms with E-state index >= 15 is 0 Å². The minimum atomic E-state index is -0.454. The van der Waals surface area contributed by atoms with Gasteiger partial charge in [-0.15, -0.1) is 0 Å². The summed E-state index contributed by atoms with van der Waals surface area (Å²) in [5.41, 5.74) is 0.830. The van der Waals surface area contributed by atoms with Gasteiger partial charge in [-0.3, -0.25) is 9.59 Å². The minimum absolute atomic E-state index is 0.0641. The molecule has 1 aliphatic rings. The van der Waals surface area contributed by atoms with Crippen LogP contribution in [0.5, 0.6) is 0 Å². The van der Waals surface area contributed by atoms with Crippen molar-refractivity contribution in [2.45, 2.75) is 26.2 Å². The maximum absolute atomic E-state index is 12.6. The molecule has 0 atom stereocenters. The summed E-state index contributed by atoms with van der Waals surface area (Å²) in [6.45, 7) is 2.55. The van der Waals surface area contributed by atoms with E-state index in [9.17, 15) is 14.4 Å². The summed E-state index contributed by atoms with van der Waals surface area (Å²) in [7, 11) is 0. The second-order valence-electron chi connectivity index (χ2n) is 5.28. The highest BCUT2D eigenvalue weighted by atomic mass is 16.2. The maximum atomic E-state index is 12.6. The highest BCUT2D eigenvalue weighted by Crippen LogP contribution is 2.16. The number of allylic oxidation sites excluding steroid dienone is 1. The van der Waals surface area contributed by atoms with E-state index in [4.69, 9.17) is 0 Å². The van der Waals surface area contributed by atoms with Crippen molar-refractivity contribution < 1.29 is 14.4 Å². The molecule has 0 N–H and O–H groups in total. The zero-order chi connectivity index (χ0) is 15.9. The molecule has 0 saturated carbocycles. The number of rotatable bonds is 3. The van der Waals surface area contributed by atoms with E-state index in [-0.39, 0.29) is 5.70 Å². The number of imide groups is 1. The summed E-state index contributed by atoms with van der Waals surface area (Å²) in [5, 5.41) is 0. The van der Waals surface area contributed by atoms with Gasteiger partial charge in [-0.1, -0.05) is 30.3 Å². The Kier molecular flexibility index (Phi) is 5.47. The van der Waals surface area contributed by atoms with Crippen molar-refractivity contribution in [2.24, 2.45) is 0 Å². The van der Waals surface area contributed by atoms with Crippen LogP contribution in [0.15, 0.2) is 36.0 Å². The maximum Gasteiger partial charge on any atom is 0.331 e. The van der Waals surface area contributed by atoms with Gasteiger partial charge < -0.3 is 4.90 Å². The van der Waals surface area contributed by atoms with Crippen molar-refractivity contribution in [2.75, 3.05) is 13.1 Å². The topological polar surface area (TPSA) is 57.7 Å². The monoisotopic (exact) mass is 300 g/mol. The summed E-state index contributed by atoms with van der Waals surface area (Å²) < 4.78 is 0. The van der Waals surface area contributed by atoms with Crippen LogP contribution in [0.2, 0.25) is 0 Å². The number of benzene rings is 1. The first-order valence-corrected chi connectivity index (χ1v) is 7.45. The lowest BCUT2D eigenvalue weighted by atomic mass is 10.1. The van der Waals surface area contributed by atoms with Gasteiger partial charge in [-0.05, 0) is 30.9 Å². The lowest BCUT2D eigenvalue weighted by Crippen LogP contribution is -2.47. The molecule has 0 aromatic heterocycles. The van der Waals surface area contributed by atoms with Crippen LogP contribution in [0, 0.1) is 0 Å². The van der Waals surface area contributed by atoms with Crippen molar-refractivity contribution in [3.63, 3.8) is 0 Å². The molecule has 2 rings (SSSR count).